The van der Waals surface area contributed by atoms with Crippen LogP contribution in [0.1, 0.15) is 6.92 Å². The zero-order chi connectivity index (χ0) is 15.7. The first-order valence-corrected chi connectivity index (χ1v) is 6.90. The summed E-state index contributed by atoms with van der Waals surface area (Å²) in [5, 5.41) is 10.5. The van der Waals surface area contributed by atoms with Crippen molar-refractivity contribution in [3.63, 3.8) is 0 Å². The number of nitro benzene ring substituents is 1. The van der Waals surface area contributed by atoms with Gasteiger partial charge in [0.1, 0.15) is 11.9 Å². The quantitative estimate of drug-likeness (QED) is 0.364. The highest BCUT2D eigenvalue weighted by atomic mass is 16.7. The van der Waals surface area contributed by atoms with Gasteiger partial charge in [0.25, 0.3) is 5.69 Å². The molecule has 0 spiro atoms. The van der Waals surface area contributed by atoms with E-state index in [-0.39, 0.29) is 36.2 Å². The summed E-state index contributed by atoms with van der Waals surface area (Å²) < 4.78 is 21.3. The van der Waals surface area contributed by atoms with Crippen molar-refractivity contribution in [2.75, 3.05) is 13.2 Å². The van der Waals surface area contributed by atoms with Gasteiger partial charge in [-0.15, -0.1) is 0 Å². The predicted octanol–water partition coefficient (Wildman–Crippen LogP) is 1.91. The smallest absolute Gasteiger partial charge is 0.425 e. The molecular formula is C14H15NO7. The van der Waals surface area contributed by atoms with Crippen molar-refractivity contribution in [2.45, 2.75) is 25.2 Å². The molecule has 4 unspecified atom stereocenters. The summed E-state index contributed by atoms with van der Waals surface area (Å²) in [5.74, 6) is 0.441. The highest BCUT2D eigenvalue weighted by Crippen LogP contribution is 2.32. The highest BCUT2D eigenvalue weighted by molar-refractivity contribution is 5.64. The number of carbonyl (C=O) groups is 1. The Bertz CT molecular complexity index is 573. The normalized spacial score (nSPS) is 29.9. The third kappa shape index (κ3) is 2.88. The fraction of sp³-hybridized carbons (Fsp3) is 0.500. The number of rotatable bonds is 3. The molecule has 0 radical (unpaired) electrons. The second-order valence-electron chi connectivity index (χ2n) is 5.33. The summed E-state index contributed by atoms with van der Waals surface area (Å²) in [7, 11) is 0. The number of ether oxygens (including phenoxy) is 4. The van der Waals surface area contributed by atoms with E-state index < -0.39 is 17.2 Å². The third-order valence-electron chi connectivity index (χ3n) is 3.75. The lowest BCUT2D eigenvalue weighted by molar-refractivity contribution is -0.384. The van der Waals surface area contributed by atoms with Gasteiger partial charge >= 0.3 is 6.16 Å². The van der Waals surface area contributed by atoms with Crippen molar-refractivity contribution in [3.05, 3.63) is 34.4 Å². The standard InChI is InChI=1S/C14H15NO7/c1-8-6-19-13-11(7-20-12(8)13)22-14(16)21-10-4-2-9(3-5-10)15(17)18/h2-5,8,11-13H,6-7H2,1H3. The summed E-state index contributed by atoms with van der Waals surface area (Å²) in [6.07, 6.45) is -1.71. The van der Waals surface area contributed by atoms with Crippen LogP contribution in [0.2, 0.25) is 0 Å². The Morgan fingerprint density at radius 3 is 2.59 bits per heavy atom. The Labute approximate surface area is 126 Å². The van der Waals surface area contributed by atoms with Gasteiger partial charge in [0.2, 0.25) is 0 Å². The van der Waals surface area contributed by atoms with Crippen molar-refractivity contribution in [3.8, 4) is 5.75 Å². The summed E-state index contributed by atoms with van der Waals surface area (Å²) in [4.78, 5) is 21.8. The molecule has 2 saturated heterocycles. The first-order valence-electron chi connectivity index (χ1n) is 6.90. The van der Waals surface area contributed by atoms with Crippen LogP contribution < -0.4 is 4.74 Å². The van der Waals surface area contributed by atoms with Gasteiger partial charge in [0, 0.05) is 18.1 Å². The molecule has 2 fully saturated rings. The molecule has 22 heavy (non-hydrogen) atoms. The monoisotopic (exact) mass is 309 g/mol. The van der Waals surface area contributed by atoms with Gasteiger partial charge < -0.3 is 18.9 Å². The molecule has 8 heteroatoms. The summed E-state index contributed by atoms with van der Waals surface area (Å²) in [5.41, 5.74) is -0.0823. The molecule has 0 N–H and O–H groups in total. The van der Waals surface area contributed by atoms with Gasteiger partial charge in [0.05, 0.1) is 24.2 Å². The van der Waals surface area contributed by atoms with Crippen LogP contribution in [0.4, 0.5) is 10.5 Å². The van der Waals surface area contributed by atoms with Crippen LogP contribution >= 0.6 is 0 Å². The molecule has 1 aromatic rings. The van der Waals surface area contributed by atoms with E-state index in [0.717, 1.165) is 0 Å². The topological polar surface area (TPSA) is 97.1 Å². The number of hydrogen-bond acceptors (Lipinski definition) is 7. The molecule has 0 aliphatic carbocycles. The van der Waals surface area contributed by atoms with E-state index in [2.05, 4.69) is 0 Å². The van der Waals surface area contributed by atoms with E-state index >= 15 is 0 Å². The average Bonchev–Trinajstić information content (AvgIpc) is 3.04. The number of nitrogens with zero attached hydrogens (tertiary/aromatic N) is 1. The van der Waals surface area contributed by atoms with Crippen molar-refractivity contribution in [1.29, 1.82) is 0 Å². The molecular weight excluding hydrogens is 294 g/mol. The minimum atomic E-state index is -0.883. The summed E-state index contributed by atoms with van der Waals surface area (Å²) in [6, 6.07) is 5.17. The number of fused-ring (bicyclic) bond motifs is 1. The molecule has 4 atom stereocenters. The Morgan fingerprint density at radius 2 is 1.91 bits per heavy atom. The molecule has 3 rings (SSSR count). The maximum Gasteiger partial charge on any atom is 0.514 e. The zero-order valence-corrected chi connectivity index (χ0v) is 11.8. The van der Waals surface area contributed by atoms with Crippen molar-refractivity contribution >= 4 is 11.8 Å². The van der Waals surface area contributed by atoms with Gasteiger partial charge in [-0.25, -0.2) is 4.79 Å². The van der Waals surface area contributed by atoms with E-state index in [1.807, 2.05) is 6.92 Å². The zero-order valence-electron chi connectivity index (χ0n) is 11.8. The highest BCUT2D eigenvalue weighted by Gasteiger charge is 2.47. The van der Waals surface area contributed by atoms with E-state index in [0.29, 0.717) is 6.61 Å². The van der Waals surface area contributed by atoms with E-state index in [9.17, 15) is 14.9 Å². The minimum absolute atomic E-state index is 0.0582. The van der Waals surface area contributed by atoms with Gasteiger partial charge in [0.15, 0.2) is 6.10 Å². The Morgan fingerprint density at radius 1 is 1.23 bits per heavy atom. The fourth-order valence-corrected chi connectivity index (χ4v) is 2.64. The molecule has 8 nitrogen and oxygen atoms in total. The van der Waals surface area contributed by atoms with Gasteiger partial charge in [-0.1, -0.05) is 6.92 Å². The molecule has 0 bridgehead atoms. The minimum Gasteiger partial charge on any atom is -0.425 e. The lowest BCUT2D eigenvalue weighted by Crippen LogP contribution is -2.33. The lowest BCUT2D eigenvalue weighted by atomic mass is 10.0. The molecule has 0 amide bonds. The van der Waals surface area contributed by atoms with Crippen molar-refractivity contribution in [2.24, 2.45) is 5.92 Å². The molecule has 2 aliphatic heterocycles. The number of non-ortho nitro benzene ring substituents is 1. The van der Waals surface area contributed by atoms with Crippen LogP contribution in [0.3, 0.4) is 0 Å². The second kappa shape index (κ2) is 5.90. The van der Waals surface area contributed by atoms with E-state index in [4.69, 9.17) is 18.9 Å². The number of carbonyl (C=O) groups excluding carboxylic acids is 1. The lowest BCUT2D eigenvalue weighted by Gasteiger charge is -2.16. The molecule has 0 aromatic heterocycles. The largest absolute Gasteiger partial charge is 0.514 e. The fourth-order valence-electron chi connectivity index (χ4n) is 2.64. The Hall–Kier alpha value is -2.19. The van der Waals surface area contributed by atoms with E-state index in [1.165, 1.54) is 24.3 Å². The summed E-state index contributed by atoms with van der Waals surface area (Å²) in [6.45, 7) is 2.86. The van der Waals surface area contributed by atoms with Crippen LogP contribution in [0.25, 0.3) is 0 Å². The van der Waals surface area contributed by atoms with Gasteiger partial charge in [-0.2, -0.15) is 0 Å². The van der Waals surface area contributed by atoms with Crippen molar-refractivity contribution in [1.82, 2.24) is 0 Å². The van der Waals surface area contributed by atoms with Gasteiger partial charge in [-0.3, -0.25) is 10.1 Å². The average molecular weight is 309 g/mol. The second-order valence-corrected chi connectivity index (χ2v) is 5.33. The van der Waals surface area contributed by atoms with Crippen LogP contribution in [-0.4, -0.2) is 42.6 Å². The van der Waals surface area contributed by atoms with Crippen LogP contribution in [-0.2, 0) is 14.2 Å². The maximum absolute atomic E-state index is 11.8. The first kappa shape index (κ1) is 14.7. The SMILES string of the molecule is CC1COC2C(OC(=O)Oc3ccc([N+](=O)[O-])cc3)COC12. The maximum atomic E-state index is 11.8. The van der Waals surface area contributed by atoms with Crippen LogP contribution in [0, 0.1) is 16.0 Å². The number of hydrogen-bond donors (Lipinski definition) is 0. The molecule has 2 aliphatic rings. The van der Waals surface area contributed by atoms with E-state index in [1.54, 1.807) is 0 Å². The van der Waals surface area contributed by atoms with Crippen LogP contribution in [0.15, 0.2) is 24.3 Å². The van der Waals surface area contributed by atoms with Gasteiger partial charge in [-0.05, 0) is 12.1 Å². The first-order chi connectivity index (χ1) is 10.5. The van der Waals surface area contributed by atoms with Crippen molar-refractivity contribution < 1.29 is 28.7 Å². The molecule has 1 aromatic carbocycles. The third-order valence-corrected chi connectivity index (χ3v) is 3.75. The number of benzene rings is 1. The molecule has 118 valence electrons. The Balaban J connectivity index is 1.55. The number of nitro groups is 1. The Kier molecular flexibility index (Phi) is 3.95. The molecule has 0 saturated carbocycles. The summed E-state index contributed by atoms with van der Waals surface area (Å²) >= 11 is 0. The molecule has 2 heterocycles. The van der Waals surface area contributed by atoms with Crippen LogP contribution in [0.5, 0.6) is 5.75 Å². The predicted molar refractivity (Wildman–Crippen MR) is 72.6 cm³/mol.